The zero-order valence-corrected chi connectivity index (χ0v) is 14.8. The second-order valence-corrected chi connectivity index (χ2v) is 5.17. The summed E-state index contributed by atoms with van der Waals surface area (Å²) in [6.45, 7) is 2.44. The summed E-state index contributed by atoms with van der Waals surface area (Å²) in [4.78, 5) is 21.9. The van der Waals surface area contributed by atoms with E-state index in [1.54, 1.807) is 0 Å². The number of para-hydroxylation sites is 2. The molecule has 0 fully saturated rings. The fourth-order valence-electron chi connectivity index (χ4n) is 1.76. The Morgan fingerprint density at radius 3 is 1.33 bits per heavy atom. The summed E-state index contributed by atoms with van der Waals surface area (Å²) in [6, 6.07) is 5.89. The summed E-state index contributed by atoms with van der Waals surface area (Å²) in [5.74, 6) is -4.11. The van der Waals surface area contributed by atoms with Crippen LogP contribution in [0.15, 0.2) is 47.8 Å². The maximum Gasteiger partial charge on any atom is 0.454 e. The summed E-state index contributed by atoms with van der Waals surface area (Å²) >= 11 is 0. The van der Waals surface area contributed by atoms with E-state index in [0.717, 1.165) is 0 Å². The summed E-state index contributed by atoms with van der Waals surface area (Å²) in [6.07, 6.45) is -9.32. The summed E-state index contributed by atoms with van der Waals surface area (Å²) in [5.41, 5.74) is 0.135. The monoisotopic (exact) mass is 443 g/mol. The third-order valence-electron chi connectivity index (χ3n) is 2.84. The van der Waals surface area contributed by atoms with Crippen LogP contribution in [0.4, 0.5) is 37.7 Å². The van der Waals surface area contributed by atoms with E-state index in [0.29, 0.717) is 12.2 Å². The number of benzene rings is 1. The Morgan fingerprint density at radius 1 is 0.778 bits per heavy atom. The molecule has 0 bridgehead atoms. The predicted molar refractivity (Wildman–Crippen MR) is 83.3 cm³/mol. The fourth-order valence-corrected chi connectivity index (χ4v) is 1.76. The molecule has 0 aliphatic rings. The van der Waals surface area contributed by atoms with Crippen LogP contribution in [-0.4, -0.2) is 23.9 Å². The third-order valence-corrected chi connectivity index (χ3v) is 2.84. The van der Waals surface area contributed by atoms with Gasteiger partial charge in [0.05, 0.1) is 11.4 Å². The summed E-state index contributed by atoms with van der Waals surface area (Å²) in [5, 5.41) is 5.09. The first-order chi connectivity index (χ1) is 11.8. The molecule has 11 heteroatoms. The second-order valence-electron chi connectivity index (χ2n) is 5.17. The van der Waals surface area contributed by atoms with Gasteiger partial charge in [0, 0.05) is 40.6 Å². The van der Waals surface area contributed by atoms with Gasteiger partial charge in [0.15, 0.2) is 0 Å². The first-order valence-electron chi connectivity index (χ1n) is 7.02. The smallest absolute Gasteiger partial charge is 0.357 e. The molecule has 1 rings (SSSR count). The van der Waals surface area contributed by atoms with E-state index >= 15 is 0 Å². The van der Waals surface area contributed by atoms with E-state index < -0.39 is 23.9 Å². The minimum atomic E-state index is -5.02. The van der Waals surface area contributed by atoms with Gasteiger partial charge >= 0.3 is 12.4 Å². The van der Waals surface area contributed by atoms with Crippen molar-refractivity contribution in [1.82, 2.24) is 0 Å². The van der Waals surface area contributed by atoms with Crippen LogP contribution in [0.1, 0.15) is 13.8 Å². The van der Waals surface area contributed by atoms with Gasteiger partial charge in [-0.2, -0.15) is 26.3 Å². The van der Waals surface area contributed by atoms with Crippen molar-refractivity contribution in [3.8, 4) is 0 Å². The van der Waals surface area contributed by atoms with Crippen LogP contribution in [0.25, 0.3) is 0 Å². The Balaban J connectivity index is 0.00000676. The Bertz CT molecular complexity index is 691. The maximum absolute atomic E-state index is 12.3. The molecule has 2 N–H and O–H groups in total. The number of ketones is 2. The number of carbonyl (C=O) groups excluding carboxylic acids is 2. The quantitative estimate of drug-likeness (QED) is 0.384. The van der Waals surface area contributed by atoms with Crippen LogP contribution in [0.2, 0.25) is 0 Å². The standard InChI is InChI=1S/C16H14F6N2O2.Cu/c1-9(7-13(25)15(17,18)19)23-11-5-3-4-6-12(11)24-10(2)8-14(26)16(20,21)22;/h3-8,23-24H,1-2H3;/b9-7-,10-8-;. The molecular weight excluding hydrogens is 430 g/mol. The Morgan fingerprint density at radius 2 is 1.07 bits per heavy atom. The molecule has 0 aliphatic heterocycles. The van der Waals surface area contributed by atoms with Gasteiger partial charge in [-0.1, -0.05) is 12.1 Å². The zero-order chi connectivity index (χ0) is 20.1. The third kappa shape index (κ3) is 8.31. The van der Waals surface area contributed by atoms with E-state index in [4.69, 9.17) is 0 Å². The number of rotatable bonds is 6. The molecule has 27 heavy (non-hydrogen) atoms. The molecule has 1 aromatic rings. The number of hydrogen-bond donors (Lipinski definition) is 2. The van der Waals surface area contributed by atoms with Crippen LogP contribution in [0.5, 0.6) is 0 Å². The molecular formula is C16H14CuF6N2O2. The SMILES string of the molecule is C/C(=C/C(=O)C(F)(F)F)Nc1ccccc1N/C(C)=C\C(=O)C(F)(F)F.[Cu]. The minimum Gasteiger partial charge on any atom is -0.357 e. The minimum absolute atomic E-state index is 0. The van der Waals surface area contributed by atoms with Crippen molar-refractivity contribution in [3.63, 3.8) is 0 Å². The maximum atomic E-state index is 12.3. The number of nitrogens with one attached hydrogen (secondary N) is 2. The Kier molecular flexibility index (Phi) is 8.81. The van der Waals surface area contributed by atoms with Crippen molar-refractivity contribution in [2.24, 2.45) is 0 Å². The number of anilines is 2. The van der Waals surface area contributed by atoms with E-state index in [2.05, 4.69) is 10.6 Å². The van der Waals surface area contributed by atoms with Crippen molar-refractivity contribution >= 4 is 22.9 Å². The van der Waals surface area contributed by atoms with Gasteiger partial charge in [0.2, 0.25) is 0 Å². The number of hydrogen-bond acceptors (Lipinski definition) is 4. The van der Waals surface area contributed by atoms with Crippen molar-refractivity contribution in [2.75, 3.05) is 10.6 Å². The number of halogens is 6. The van der Waals surface area contributed by atoms with E-state index in [1.165, 1.54) is 38.1 Å². The molecule has 0 aliphatic carbocycles. The molecule has 153 valence electrons. The summed E-state index contributed by atoms with van der Waals surface area (Å²) < 4.78 is 73.5. The van der Waals surface area contributed by atoms with Crippen LogP contribution < -0.4 is 10.6 Å². The van der Waals surface area contributed by atoms with Crippen LogP contribution in [0, 0.1) is 0 Å². The van der Waals surface area contributed by atoms with Gasteiger partial charge in [0.25, 0.3) is 11.6 Å². The van der Waals surface area contributed by atoms with Gasteiger partial charge in [-0.25, -0.2) is 0 Å². The number of carbonyl (C=O) groups is 2. The molecule has 0 atom stereocenters. The van der Waals surface area contributed by atoms with Crippen LogP contribution in [-0.2, 0) is 26.7 Å². The second kappa shape index (κ2) is 9.61. The molecule has 1 aromatic carbocycles. The Hall–Kier alpha value is -2.26. The first kappa shape index (κ1) is 24.7. The fraction of sp³-hybridized carbons (Fsp3) is 0.250. The molecule has 0 spiro atoms. The number of allylic oxidation sites excluding steroid dienone is 4. The largest absolute Gasteiger partial charge is 0.454 e. The topological polar surface area (TPSA) is 58.2 Å². The molecule has 0 saturated carbocycles. The Labute approximate surface area is 161 Å². The van der Waals surface area contributed by atoms with Crippen molar-refractivity contribution in [3.05, 3.63) is 47.8 Å². The van der Waals surface area contributed by atoms with Crippen molar-refractivity contribution in [2.45, 2.75) is 26.2 Å². The summed E-state index contributed by atoms with van der Waals surface area (Å²) in [7, 11) is 0. The van der Waals surface area contributed by atoms with Crippen molar-refractivity contribution < 1.29 is 53.0 Å². The average molecular weight is 444 g/mol. The van der Waals surface area contributed by atoms with Crippen LogP contribution >= 0.6 is 0 Å². The van der Waals surface area contributed by atoms with Gasteiger partial charge in [0.1, 0.15) is 0 Å². The van der Waals surface area contributed by atoms with Gasteiger partial charge in [-0.15, -0.1) is 0 Å². The molecule has 0 amide bonds. The molecule has 0 aromatic heterocycles. The van der Waals surface area contributed by atoms with E-state index in [9.17, 15) is 35.9 Å². The van der Waals surface area contributed by atoms with Crippen LogP contribution in [0.3, 0.4) is 0 Å². The predicted octanol–water partition coefficient (Wildman–Crippen LogP) is 4.58. The normalized spacial score (nSPS) is 12.9. The molecule has 4 nitrogen and oxygen atoms in total. The molecule has 1 radical (unpaired) electrons. The van der Waals surface area contributed by atoms with E-state index in [1.807, 2.05) is 0 Å². The molecule has 0 heterocycles. The van der Waals surface area contributed by atoms with Gasteiger partial charge in [-0.05, 0) is 26.0 Å². The van der Waals surface area contributed by atoms with Crippen molar-refractivity contribution in [1.29, 1.82) is 0 Å². The molecule has 0 unspecified atom stereocenters. The average Bonchev–Trinajstić information content (AvgIpc) is 2.47. The van der Waals surface area contributed by atoms with Gasteiger partial charge < -0.3 is 10.6 Å². The first-order valence-corrected chi connectivity index (χ1v) is 7.02. The number of alkyl halides is 6. The van der Waals surface area contributed by atoms with E-state index in [-0.39, 0.29) is 39.8 Å². The zero-order valence-electron chi connectivity index (χ0n) is 13.8. The molecule has 0 saturated heterocycles. The van der Waals surface area contributed by atoms with Gasteiger partial charge in [-0.3, -0.25) is 9.59 Å².